The average Bonchev–Trinajstić information content (AvgIpc) is 2.34. The molecule has 0 aromatic carbocycles. The lowest BCUT2D eigenvalue weighted by Gasteiger charge is -1.95. The van der Waals surface area contributed by atoms with Gasteiger partial charge in [-0.05, 0) is 0 Å². The van der Waals surface area contributed by atoms with E-state index < -0.39 is 6.10 Å². The van der Waals surface area contributed by atoms with E-state index in [2.05, 4.69) is 16.9 Å². The first-order chi connectivity index (χ1) is 4.74. The second-order valence-corrected chi connectivity index (χ2v) is 2.00. The largest absolute Gasteiger partial charge is 0.383 e. The van der Waals surface area contributed by atoms with Crippen molar-refractivity contribution in [3.05, 3.63) is 24.5 Å². The molecule has 0 aliphatic rings. The summed E-state index contributed by atoms with van der Waals surface area (Å²) in [5.41, 5.74) is 0.525. The van der Waals surface area contributed by atoms with Gasteiger partial charge in [-0.2, -0.15) is 0 Å². The maximum absolute atomic E-state index is 9.11. The third-order valence-electron chi connectivity index (χ3n) is 1.15. The Morgan fingerprint density at radius 2 is 2.60 bits per heavy atom. The smallest absolute Gasteiger partial charge is 0.117 e. The molecule has 0 aliphatic heterocycles. The molecule has 1 unspecified atom stereocenters. The Balaban J connectivity index is 2.84. The highest BCUT2D eigenvalue weighted by Gasteiger charge is 2.05. The van der Waals surface area contributed by atoms with Crippen molar-refractivity contribution in [1.82, 2.24) is 15.0 Å². The van der Waals surface area contributed by atoms with Crippen molar-refractivity contribution in [3.63, 3.8) is 0 Å². The van der Waals surface area contributed by atoms with Gasteiger partial charge < -0.3 is 5.11 Å². The first kappa shape index (κ1) is 6.95. The van der Waals surface area contributed by atoms with Gasteiger partial charge in [-0.15, -0.1) is 11.7 Å². The van der Waals surface area contributed by atoms with Gasteiger partial charge in [0, 0.05) is 7.05 Å². The molecule has 4 heteroatoms. The minimum absolute atomic E-state index is 0.525. The Morgan fingerprint density at radius 1 is 1.90 bits per heavy atom. The Bertz CT molecular complexity index is 231. The quantitative estimate of drug-likeness (QED) is 0.588. The molecule has 0 saturated carbocycles. The first-order valence-corrected chi connectivity index (χ1v) is 2.91. The summed E-state index contributed by atoms with van der Waals surface area (Å²) in [5.74, 6) is 0. The number of hydrogen-bond donors (Lipinski definition) is 1. The zero-order chi connectivity index (χ0) is 7.56. The van der Waals surface area contributed by atoms with Gasteiger partial charge in [0.15, 0.2) is 0 Å². The molecule has 0 amide bonds. The molecule has 1 aromatic rings. The molecule has 54 valence electrons. The van der Waals surface area contributed by atoms with E-state index in [-0.39, 0.29) is 0 Å². The van der Waals surface area contributed by atoms with Crippen molar-refractivity contribution in [3.8, 4) is 0 Å². The minimum Gasteiger partial charge on any atom is -0.383 e. The van der Waals surface area contributed by atoms with E-state index in [0.717, 1.165) is 0 Å². The van der Waals surface area contributed by atoms with Gasteiger partial charge in [-0.1, -0.05) is 11.3 Å². The Morgan fingerprint density at radius 3 is 3.00 bits per heavy atom. The Kier molecular flexibility index (Phi) is 1.82. The number of hydrogen-bond acceptors (Lipinski definition) is 3. The standard InChI is InChI=1S/C6H9N3O/c1-3-6(10)5-4-9(2)8-7-5/h3-4,6,10H,1H2,2H3. The molecule has 1 N–H and O–H groups in total. The maximum atomic E-state index is 9.11. The van der Waals surface area contributed by atoms with Gasteiger partial charge in [0.2, 0.25) is 0 Å². The monoisotopic (exact) mass is 139 g/mol. The van der Waals surface area contributed by atoms with E-state index in [4.69, 9.17) is 5.11 Å². The molecule has 1 rings (SSSR count). The molecular formula is C6H9N3O. The second-order valence-electron chi connectivity index (χ2n) is 2.00. The van der Waals surface area contributed by atoms with Crippen LogP contribution in [0.2, 0.25) is 0 Å². The van der Waals surface area contributed by atoms with Gasteiger partial charge in [0.05, 0.1) is 6.20 Å². The topological polar surface area (TPSA) is 50.9 Å². The zero-order valence-corrected chi connectivity index (χ0v) is 5.73. The van der Waals surface area contributed by atoms with Crippen LogP contribution in [-0.2, 0) is 7.05 Å². The molecule has 1 aromatic heterocycles. The molecule has 0 spiro atoms. The summed E-state index contributed by atoms with van der Waals surface area (Å²) in [7, 11) is 1.74. The van der Waals surface area contributed by atoms with Crippen molar-refractivity contribution in [2.75, 3.05) is 0 Å². The summed E-state index contributed by atoms with van der Waals surface area (Å²) in [6.45, 7) is 3.42. The summed E-state index contributed by atoms with van der Waals surface area (Å²) in [4.78, 5) is 0. The molecule has 1 heterocycles. The number of aliphatic hydroxyl groups excluding tert-OH is 1. The summed E-state index contributed by atoms with van der Waals surface area (Å²) in [6, 6.07) is 0. The lowest BCUT2D eigenvalue weighted by molar-refractivity contribution is 0.224. The SMILES string of the molecule is C=CC(O)c1cn(C)nn1. The van der Waals surface area contributed by atoms with Crippen molar-refractivity contribution in [2.24, 2.45) is 7.05 Å². The van der Waals surface area contributed by atoms with Crippen LogP contribution in [0.25, 0.3) is 0 Å². The van der Waals surface area contributed by atoms with Crippen molar-refractivity contribution >= 4 is 0 Å². The molecule has 0 saturated heterocycles. The van der Waals surface area contributed by atoms with Crippen molar-refractivity contribution < 1.29 is 5.11 Å². The van der Waals surface area contributed by atoms with Crippen LogP contribution in [0.1, 0.15) is 11.8 Å². The fraction of sp³-hybridized carbons (Fsp3) is 0.333. The van der Waals surface area contributed by atoms with E-state index in [1.807, 2.05) is 0 Å². The number of rotatable bonds is 2. The van der Waals surface area contributed by atoms with Crippen LogP contribution >= 0.6 is 0 Å². The van der Waals surface area contributed by atoms with E-state index in [1.165, 1.54) is 10.8 Å². The van der Waals surface area contributed by atoms with Gasteiger partial charge in [-0.25, -0.2) is 0 Å². The van der Waals surface area contributed by atoms with E-state index >= 15 is 0 Å². The van der Waals surface area contributed by atoms with Crippen LogP contribution in [0, 0.1) is 0 Å². The third kappa shape index (κ3) is 1.22. The maximum Gasteiger partial charge on any atom is 0.117 e. The number of nitrogens with zero attached hydrogens (tertiary/aromatic N) is 3. The normalized spacial score (nSPS) is 13.0. The van der Waals surface area contributed by atoms with Gasteiger partial charge in [-0.3, -0.25) is 4.68 Å². The lowest BCUT2D eigenvalue weighted by Crippen LogP contribution is -1.91. The highest BCUT2D eigenvalue weighted by molar-refractivity contribution is 5.03. The first-order valence-electron chi connectivity index (χ1n) is 2.91. The van der Waals surface area contributed by atoms with E-state index in [9.17, 15) is 0 Å². The molecule has 10 heavy (non-hydrogen) atoms. The summed E-state index contributed by atoms with van der Waals surface area (Å²) < 4.78 is 1.53. The second kappa shape index (κ2) is 2.62. The van der Waals surface area contributed by atoms with Gasteiger partial charge >= 0.3 is 0 Å². The highest BCUT2D eigenvalue weighted by atomic mass is 16.3. The number of aliphatic hydroxyl groups is 1. The van der Waals surface area contributed by atoms with E-state index in [0.29, 0.717) is 5.69 Å². The van der Waals surface area contributed by atoms with E-state index in [1.54, 1.807) is 13.2 Å². The predicted molar refractivity (Wildman–Crippen MR) is 36.2 cm³/mol. The molecule has 0 bridgehead atoms. The predicted octanol–water partition coefficient (Wildman–Crippen LogP) is 0.0345. The molecule has 0 radical (unpaired) electrons. The molecule has 0 fully saturated rings. The van der Waals surface area contributed by atoms with Crippen LogP contribution in [0.4, 0.5) is 0 Å². The fourth-order valence-electron chi connectivity index (χ4n) is 0.622. The van der Waals surface area contributed by atoms with Gasteiger partial charge in [0.25, 0.3) is 0 Å². The Labute approximate surface area is 58.8 Å². The fourth-order valence-corrected chi connectivity index (χ4v) is 0.622. The van der Waals surface area contributed by atoms with Gasteiger partial charge in [0.1, 0.15) is 11.8 Å². The van der Waals surface area contributed by atoms with Crippen LogP contribution < -0.4 is 0 Å². The van der Waals surface area contributed by atoms with Crippen LogP contribution in [0.3, 0.4) is 0 Å². The van der Waals surface area contributed by atoms with Crippen LogP contribution in [0.15, 0.2) is 18.9 Å². The zero-order valence-electron chi connectivity index (χ0n) is 5.73. The lowest BCUT2D eigenvalue weighted by atomic mass is 10.3. The Hall–Kier alpha value is -1.16. The summed E-state index contributed by atoms with van der Waals surface area (Å²) in [6.07, 6.45) is 2.35. The molecule has 4 nitrogen and oxygen atoms in total. The molecule has 1 atom stereocenters. The highest BCUT2D eigenvalue weighted by Crippen LogP contribution is 2.07. The summed E-state index contributed by atoms with van der Waals surface area (Å²) in [5, 5.41) is 16.4. The third-order valence-corrected chi connectivity index (χ3v) is 1.15. The van der Waals surface area contributed by atoms with Crippen LogP contribution in [0.5, 0.6) is 0 Å². The number of aryl methyl sites for hydroxylation is 1. The molecular weight excluding hydrogens is 130 g/mol. The number of aromatic nitrogens is 3. The molecule has 0 aliphatic carbocycles. The van der Waals surface area contributed by atoms with Crippen LogP contribution in [-0.4, -0.2) is 20.1 Å². The summed E-state index contributed by atoms with van der Waals surface area (Å²) >= 11 is 0. The average molecular weight is 139 g/mol. The minimum atomic E-state index is -0.700. The van der Waals surface area contributed by atoms with Crippen molar-refractivity contribution in [1.29, 1.82) is 0 Å². The van der Waals surface area contributed by atoms with Crippen molar-refractivity contribution in [2.45, 2.75) is 6.10 Å².